The van der Waals surface area contributed by atoms with E-state index in [0.29, 0.717) is 10.3 Å². The minimum Gasteiger partial charge on any atom is -0.321 e. The molecule has 1 aromatic heterocycles. The van der Waals surface area contributed by atoms with Crippen LogP contribution in [0.1, 0.15) is 36.8 Å². The highest BCUT2D eigenvalue weighted by Gasteiger charge is 2.13. The summed E-state index contributed by atoms with van der Waals surface area (Å²) >= 11 is 3.26. The number of pyridine rings is 1. The lowest BCUT2D eigenvalue weighted by molar-refractivity contribution is 0.102. The summed E-state index contributed by atoms with van der Waals surface area (Å²) in [5, 5.41) is 2.84. The zero-order valence-corrected chi connectivity index (χ0v) is 13.4. The predicted molar refractivity (Wildman–Crippen MR) is 85.0 cm³/mol. The highest BCUT2D eigenvalue weighted by molar-refractivity contribution is 9.10. The van der Waals surface area contributed by atoms with Gasteiger partial charge in [-0.3, -0.25) is 4.79 Å². The molecular weight excluding hydrogens is 316 g/mol. The van der Waals surface area contributed by atoms with E-state index in [4.69, 9.17) is 0 Å². The summed E-state index contributed by atoms with van der Waals surface area (Å²) < 4.78 is 0.647. The van der Waals surface area contributed by atoms with Gasteiger partial charge in [-0.25, -0.2) is 4.98 Å². The number of aromatic nitrogens is 1. The fourth-order valence-corrected chi connectivity index (χ4v) is 2.13. The van der Waals surface area contributed by atoms with Gasteiger partial charge in [0.2, 0.25) is 0 Å². The molecule has 1 heterocycles. The predicted octanol–water partition coefficient (Wildman–Crippen LogP) is 4.39. The first kappa shape index (κ1) is 14.7. The Morgan fingerprint density at radius 2 is 1.75 bits per heavy atom. The standard InChI is InChI=1S/C16H17BrN2O/c1-16(2,3)11-7-9-12(10-8-11)18-15(20)13-5-4-6-14(17)19-13/h4-10H,1-3H3,(H,18,20). The molecule has 0 atom stereocenters. The number of benzene rings is 1. The Labute approximate surface area is 127 Å². The molecule has 0 unspecified atom stereocenters. The van der Waals surface area contributed by atoms with Crippen molar-refractivity contribution in [3.8, 4) is 0 Å². The molecule has 1 aromatic carbocycles. The van der Waals surface area contributed by atoms with E-state index in [2.05, 4.69) is 47.0 Å². The maximum Gasteiger partial charge on any atom is 0.274 e. The number of hydrogen-bond acceptors (Lipinski definition) is 2. The smallest absolute Gasteiger partial charge is 0.274 e. The topological polar surface area (TPSA) is 42.0 Å². The fourth-order valence-electron chi connectivity index (χ4n) is 1.78. The Bertz CT molecular complexity index is 615. The molecule has 0 radical (unpaired) electrons. The Kier molecular flexibility index (Phi) is 4.23. The van der Waals surface area contributed by atoms with Crippen molar-refractivity contribution in [1.29, 1.82) is 0 Å². The quantitative estimate of drug-likeness (QED) is 0.828. The largest absolute Gasteiger partial charge is 0.321 e. The van der Waals surface area contributed by atoms with Crippen LogP contribution in [0.5, 0.6) is 0 Å². The molecule has 2 rings (SSSR count). The van der Waals surface area contributed by atoms with Crippen LogP contribution in [0.25, 0.3) is 0 Å². The van der Waals surface area contributed by atoms with Crippen LogP contribution in [0, 0.1) is 0 Å². The summed E-state index contributed by atoms with van der Waals surface area (Å²) in [7, 11) is 0. The first-order chi connectivity index (χ1) is 9.36. The molecule has 0 aliphatic heterocycles. The molecule has 0 bridgehead atoms. The van der Waals surface area contributed by atoms with E-state index in [1.165, 1.54) is 5.56 Å². The fraction of sp³-hybridized carbons (Fsp3) is 0.250. The summed E-state index contributed by atoms with van der Waals surface area (Å²) in [4.78, 5) is 16.2. The second-order valence-corrected chi connectivity index (χ2v) is 6.44. The molecule has 20 heavy (non-hydrogen) atoms. The van der Waals surface area contributed by atoms with Gasteiger partial charge in [-0.05, 0) is 51.2 Å². The molecule has 0 aliphatic rings. The van der Waals surface area contributed by atoms with Crippen molar-refractivity contribution in [3.05, 3.63) is 58.3 Å². The van der Waals surface area contributed by atoms with Crippen molar-refractivity contribution < 1.29 is 4.79 Å². The molecule has 0 saturated carbocycles. The molecule has 0 aliphatic carbocycles. The Morgan fingerprint density at radius 1 is 1.10 bits per heavy atom. The first-order valence-corrected chi connectivity index (χ1v) is 7.20. The lowest BCUT2D eigenvalue weighted by Crippen LogP contribution is -2.14. The van der Waals surface area contributed by atoms with E-state index in [1.54, 1.807) is 18.2 Å². The number of carbonyl (C=O) groups excluding carboxylic acids is 1. The van der Waals surface area contributed by atoms with Gasteiger partial charge in [-0.1, -0.05) is 39.0 Å². The van der Waals surface area contributed by atoms with Gasteiger partial charge in [-0.2, -0.15) is 0 Å². The number of nitrogens with zero attached hydrogens (tertiary/aromatic N) is 1. The lowest BCUT2D eigenvalue weighted by atomic mass is 9.87. The number of rotatable bonds is 2. The number of hydrogen-bond donors (Lipinski definition) is 1. The summed E-state index contributed by atoms with van der Waals surface area (Å²) in [5.41, 5.74) is 2.49. The summed E-state index contributed by atoms with van der Waals surface area (Å²) in [6, 6.07) is 13.1. The minimum atomic E-state index is -0.213. The molecule has 0 fully saturated rings. The van der Waals surface area contributed by atoms with E-state index in [-0.39, 0.29) is 11.3 Å². The van der Waals surface area contributed by atoms with Crippen LogP contribution >= 0.6 is 15.9 Å². The summed E-state index contributed by atoms with van der Waals surface area (Å²) in [6.07, 6.45) is 0. The third-order valence-corrected chi connectivity index (χ3v) is 3.40. The van der Waals surface area contributed by atoms with Gasteiger partial charge in [0.05, 0.1) is 0 Å². The number of halogens is 1. The Hall–Kier alpha value is -1.68. The second kappa shape index (κ2) is 5.75. The summed E-state index contributed by atoms with van der Waals surface area (Å²) in [6.45, 7) is 6.48. The zero-order chi connectivity index (χ0) is 14.8. The minimum absolute atomic E-state index is 0.106. The number of carbonyl (C=O) groups is 1. The maximum absolute atomic E-state index is 12.1. The van der Waals surface area contributed by atoms with Crippen molar-refractivity contribution in [2.45, 2.75) is 26.2 Å². The molecule has 1 N–H and O–H groups in total. The van der Waals surface area contributed by atoms with Gasteiger partial charge in [0, 0.05) is 5.69 Å². The van der Waals surface area contributed by atoms with Crippen molar-refractivity contribution in [2.75, 3.05) is 5.32 Å². The van der Waals surface area contributed by atoms with Crippen molar-refractivity contribution >= 4 is 27.5 Å². The van der Waals surface area contributed by atoms with Gasteiger partial charge in [-0.15, -0.1) is 0 Å². The lowest BCUT2D eigenvalue weighted by Gasteiger charge is -2.19. The summed E-state index contributed by atoms with van der Waals surface area (Å²) in [5.74, 6) is -0.213. The molecule has 4 heteroatoms. The van der Waals surface area contributed by atoms with E-state index in [1.807, 2.05) is 24.3 Å². The SMILES string of the molecule is CC(C)(C)c1ccc(NC(=O)c2cccc(Br)n2)cc1. The van der Waals surface area contributed by atoms with E-state index in [9.17, 15) is 4.79 Å². The normalized spacial score (nSPS) is 11.2. The number of nitrogens with one attached hydrogen (secondary N) is 1. The Morgan fingerprint density at radius 3 is 2.30 bits per heavy atom. The number of amides is 1. The first-order valence-electron chi connectivity index (χ1n) is 6.41. The highest BCUT2D eigenvalue weighted by Crippen LogP contribution is 2.23. The molecule has 3 nitrogen and oxygen atoms in total. The second-order valence-electron chi connectivity index (χ2n) is 5.63. The van der Waals surface area contributed by atoms with Gasteiger partial charge >= 0.3 is 0 Å². The third-order valence-electron chi connectivity index (χ3n) is 2.96. The maximum atomic E-state index is 12.1. The van der Waals surface area contributed by atoms with Crippen LogP contribution < -0.4 is 5.32 Å². The van der Waals surface area contributed by atoms with Gasteiger partial charge < -0.3 is 5.32 Å². The van der Waals surface area contributed by atoms with Crippen LogP contribution in [-0.2, 0) is 5.41 Å². The van der Waals surface area contributed by atoms with Crippen LogP contribution in [-0.4, -0.2) is 10.9 Å². The van der Waals surface area contributed by atoms with E-state index in [0.717, 1.165) is 5.69 Å². The van der Waals surface area contributed by atoms with Crippen molar-refractivity contribution in [1.82, 2.24) is 4.98 Å². The Balaban J connectivity index is 2.12. The van der Waals surface area contributed by atoms with Crippen LogP contribution in [0.2, 0.25) is 0 Å². The van der Waals surface area contributed by atoms with Gasteiger partial charge in [0.25, 0.3) is 5.91 Å². The van der Waals surface area contributed by atoms with Gasteiger partial charge in [0.15, 0.2) is 0 Å². The van der Waals surface area contributed by atoms with Gasteiger partial charge in [0.1, 0.15) is 10.3 Å². The average Bonchev–Trinajstić information content (AvgIpc) is 2.38. The molecular formula is C16H17BrN2O. The third kappa shape index (κ3) is 3.67. The van der Waals surface area contributed by atoms with E-state index < -0.39 is 0 Å². The van der Waals surface area contributed by atoms with E-state index >= 15 is 0 Å². The molecule has 0 spiro atoms. The average molecular weight is 333 g/mol. The number of anilines is 1. The molecule has 104 valence electrons. The van der Waals surface area contributed by atoms with Crippen molar-refractivity contribution in [3.63, 3.8) is 0 Å². The van der Waals surface area contributed by atoms with Crippen LogP contribution in [0.4, 0.5) is 5.69 Å². The van der Waals surface area contributed by atoms with Crippen LogP contribution in [0.3, 0.4) is 0 Å². The van der Waals surface area contributed by atoms with Crippen LogP contribution in [0.15, 0.2) is 47.1 Å². The zero-order valence-electron chi connectivity index (χ0n) is 11.8. The monoisotopic (exact) mass is 332 g/mol. The highest BCUT2D eigenvalue weighted by atomic mass is 79.9. The molecule has 0 saturated heterocycles. The molecule has 1 amide bonds. The van der Waals surface area contributed by atoms with Crippen molar-refractivity contribution in [2.24, 2.45) is 0 Å². The molecule has 2 aromatic rings.